The molecule has 1 aromatic heterocycles. The standard InChI is InChI=1S/C16H23N3O3S/c1-9-11(10(2)18-16(17-9)23-3)7-8-14(20)19-13-6-4-5-12(13)15(21)22/h12-13H,4-8H2,1-3H3,(H,19,20)(H,21,22)/t12-,13+/m0/s1. The number of aliphatic carboxylic acids is 1. The summed E-state index contributed by atoms with van der Waals surface area (Å²) in [4.78, 5) is 32.1. The Morgan fingerprint density at radius 1 is 1.26 bits per heavy atom. The Morgan fingerprint density at radius 2 is 1.91 bits per heavy atom. The number of hydrogen-bond acceptors (Lipinski definition) is 5. The van der Waals surface area contributed by atoms with Gasteiger partial charge in [0.15, 0.2) is 5.16 Å². The van der Waals surface area contributed by atoms with Crippen LogP contribution in [-0.4, -0.2) is 39.2 Å². The highest BCUT2D eigenvalue weighted by molar-refractivity contribution is 7.98. The number of nitrogens with one attached hydrogen (secondary N) is 1. The molecule has 126 valence electrons. The zero-order chi connectivity index (χ0) is 17.0. The Bertz CT molecular complexity index is 583. The van der Waals surface area contributed by atoms with Crippen LogP contribution in [0.4, 0.5) is 0 Å². The van der Waals surface area contributed by atoms with E-state index in [2.05, 4.69) is 15.3 Å². The summed E-state index contributed by atoms with van der Waals surface area (Å²) in [6.45, 7) is 3.86. The van der Waals surface area contributed by atoms with Gasteiger partial charge in [-0.3, -0.25) is 9.59 Å². The quantitative estimate of drug-likeness (QED) is 0.610. The molecule has 0 spiro atoms. The average Bonchev–Trinajstić information content (AvgIpc) is 2.94. The summed E-state index contributed by atoms with van der Waals surface area (Å²) in [5.41, 5.74) is 2.80. The average molecular weight is 337 g/mol. The van der Waals surface area contributed by atoms with E-state index in [9.17, 15) is 9.59 Å². The lowest BCUT2D eigenvalue weighted by molar-refractivity contribution is -0.142. The molecule has 0 aliphatic heterocycles. The molecule has 1 aliphatic rings. The molecule has 0 bridgehead atoms. The number of carbonyl (C=O) groups excluding carboxylic acids is 1. The maximum absolute atomic E-state index is 12.1. The summed E-state index contributed by atoms with van der Waals surface area (Å²) in [6.07, 6.45) is 5.07. The molecule has 7 heteroatoms. The van der Waals surface area contributed by atoms with Crippen molar-refractivity contribution in [1.29, 1.82) is 0 Å². The first-order valence-electron chi connectivity index (χ1n) is 7.82. The molecule has 1 fully saturated rings. The van der Waals surface area contributed by atoms with E-state index in [0.29, 0.717) is 19.3 Å². The Balaban J connectivity index is 1.93. The van der Waals surface area contributed by atoms with E-state index in [1.54, 1.807) is 0 Å². The third-order valence-electron chi connectivity index (χ3n) is 4.36. The summed E-state index contributed by atoms with van der Waals surface area (Å²) in [5.74, 6) is -1.37. The molecule has 0 aromatic carbocycles. The minimum Gasteiger partial charge on any atom is -0.481 e. The fourth-order valence-corrected chi connectivity index (χ4v) is 3.56. The highest BCUT2D eigenvalue weighted by Crippen LogP contribution is 2.26. The maximum atomic E-state index is 12.1. The first-order chi connectivity index (χ1) is 10.9. The lowest BCUT2D eigenvalue weighted by atomic mass is 10.0. The Hall–Kier alpha value is -1.63. The van der Waals surface area contributed by atoms with Gasteiger partial charge in [-0.15, -0.1) is 0 Å². The van der Waals surface area contributed by atoms with Crippen molar-refractivity contribution in [3.63, 3.8) is 0 Å². The van der Waals surface area contributed by atoms with Gasteiger partial charge < -0.3 is 10.4 Å². The van der Waals surface area contributed by atoms with E-state index in [-0.39, 0.29) is 11.9 Å². The van der Waals surface area contributed by atoms with Crippen molar-refractivity contribution in [2.75, 3.05) is 6.26 Å². The van der Waals surface area contributed by atoms with E-state index in [1.807, 2.05) is 20.1 Å². The molecule has 1 heterocycles. The van der Waals surface area contributed by atoms with Gasteiger partial charge in [0, 0.05) is 23.9 Å². The first kappa shape index (κ1) is 17.7. The van der Waals surface area contributed by atoms with Gasteiger partial charge in [0.25, 0.3) is 0 Å². The molecule has 6 nitrogen and oxygen atoms in total. The molecule has 2 N–H and O–H groups in total. The van der Waals surface area contributed by atoms with Gasteiger partial charge in [-0.2, -0.15) is 0 Å². The Kier molecular flexibility index (Phi) is 5.98. The molecule has 0 radical (unpaired) electrons. The van der Waals surface area contributed by atoms with Crippen molar-refractivity contribution in [3.05, 3.63) is 17.0 Å². The largest absolute Gasteiger partial charge is 0.481 e. The van der Waals surface area contributed by atoms with E-state index < -0.39 is 11.9 Å². The zero-order valence-corrected chi connectivity index (χ0v) is 14.6. The third kappa shape index (κ3) is 4.43. The monoisotopic (exact) mass is 337 g/mol. The summed E-state index contributed by atoms with van der Waals surface area (Å²) >= 11 is 1.50. The number of aryl methyl sites for hydroxylation is 2. The summed E-state index contributed by atoms with van der Waals surface area (Å²) in [5, 5.41) is 12.8. The van der Waals surface area contributed by atoms with E-state index in [1.165, 1.54) is 11.8 Å². The van der Waals surface area contributed by atoms with Crippen LogP contribution in [0.2, 0.25) is 0 Å². The predicted octanol–water partition coefficient (Wildman–Crippen LogP) is 2.12. The molecular weight excluding hydrogens is 314 g/mol. The molecule has 1 amide bonds. The van der Waals surface area contributed by atoms with Gasteiger partial charge in [0.05, 0.1) is 5.92 Å². The van der Waals surface area contributed by atoms with Gasteiger partial charge in [0.1, 0.15) is 0 Å². The maximum Gasteiger partial charge on any atom is 0.308 e. The van der Waals surface area contributed by atoms with Crippen molar-refractivity contribution in [3.8, 4) is 0 Å². The molecule has 2 rings (SSSR count). The number of hydrogen-bond donors (Lipinski definition) is 2. The van der Waals surface area contributed by atoms with Crippen LogP contribution in [0.15, 0.2) is 5.16 Å². The normalized spacial score (nSPS) is 20.5. The molecule has 1 aliphatic carbocycles. The van der Waals surface area contributed by atoms with Gasteiger partial charge in [-0.25, -0.2) is 9.97 Å². The first-order valence-corrected chi connectivity index (χ1v) is 9.05. The van der Waals surface area contributed by atoms with E-state index in [4.69, 9.17) is 5.11 Å². The van der Waals surface area contributed by atoms with Crippen molar-refractivity contribution in [2.45, 2.75) is 57.1 Å². The van der Waals surface area contributed by atoms with E-state index >= 15 is 0 Å². The van der Waals surface area contributed by atoms with Crippen molar-refractivity contribution >= 4 is 23.6 Å². The zero-order valence-electron chi connectivity index (χ0n) is 13.8. The minimum absolute atomic E-state index is 0.101. The number of carboxylic acids is 1. The lowest BCUT2D eigenvalue weighted by Gasteiger charge is -2.18. The van der Waals surface area contributed by atoms with Gasteiger partial charge in [-0.05, 0) is 44.9 Å². The van der Waals surface area contributed by atoms with Gasteiger partial charge >= 0.3 is 5.97 Å². The van der Waals surface area contributed by atoms with Gasteiger partial charge in [-0.1, -0.05) is 18.2 Å². The number of rotatable bonds is 6. The number of aromatic nitrogens is 2. The highest BCUT2D eigenvalue weighted by atomic mass is 32.2. The molecule has 23 heavy (non-hydrogen) atoms. The molecule has 1 saturated carbocycles. The summed E-state index contributed by atoms with van der Waals surface area (Å²) < 4.78 is 0. The minimum atomic E-state index is -0.819. The second kappa shape index (κ2) is 7.77. The fourth-order valence-electron chi connectivity index (χ4n) is 3.11. The van der Waals surface area contributed by atoms with Gasteiger partial charge in [0.2, 0.25) is 5.91 Å². The summed E-state index contributed by atoms with van der Waals surface area (Å²) in [7, 11) is 0. The molecule has 0 unspecified atom stereocenters. The number of thioether (sulfide) groups is 1. The SMILES string of the molecule is CSc1nc(C)c(CCC(=O)N[C@@H]2CCC[C@@H]2C(=O)O)c(C)n1. The second-order valence-corrected chi connectivity index (χ2v) is 6.68. The topological polar surface area (TPSA) is 92.2 Å². The van der Waals surface area contributed by atoms with Crippen LogP contribution in [0.1, 0.15) is 42.6 Å². The smallest absolute Gasteiger partial charge is 0.308 e. The lowest BCUT2D eigenvalue weighted by Crippen LogP contribution is -2.40. The number of amides is 1. The second-order valence-electron chi connectivity index (χ2n) is 5.91. The number of carboxylic acid groups (broad SMARTS) is 1. The molecule has 0 saturated heterocycles. The van der Waals surface area contributed by atoms with Crippen LogP contribution in [0.25, 0.3) is 0 Å². The van der Waals surface area contributed by atoms with Crippen LogP contribution in [0.5, 0.6) is 0 Å². The third-order valence-corrected chi connectivity index (χ3v) is 4.91. The summed E-state index contributed by atoms with van der Waals surface area (Å²) in [6, 6.07) is -0.239. The van der Waals surface area contributed by atoms with Crippen molar-refractivity contribution in [2.24, 2.45) is 5.92 Å². The molecule has 1 aromatic rings. The Morgan fingerprint density at radius 3 is 2.48 bits per heavy atom. The molecular formula is C16H23N3O3S. The number of carbonyl (C=O) groups is 2. The fraction of sp³-hybridized carbons (Fsp3) is 0.625. The Labute approximate surface area is 140 Å². The van der Waals surface area contributed by atoms with Crippen LogP contribution in [0, 0.1) is 19.8 Å². The predicted molar refractivity (Wildman–Crippen MR) is 88.5 cm³/mol. The van der Waals surface area contributed by atoms with Crippen LogP contribution < -0.4 is 5.32 Å². The number of nitrogens with zero attached hydrogens (tertiary/aromatic N) is 2. The molecule has 2 atom stereocenters. The van der Waals surface area contributed by atoms with Crippen LogP contribution >= 0.6 is 11.8 Å². The van der Waals surface area contributed by atoms with E-state index in [0.717, 1.165) is 34.9 Å². The highest BCUT2D eigenvalue weighted by Gasteiger charge is 2.33. The van der Waals surface area contributed by atoms with Crippen molar-refractivity contribution < 1.29 is 14.7 Å². The van der Waals surface area contributed by atoms with Crippen molar-refractivity contribution in [1.82, 2.24) is 15.3 Å². The van der Waals surface area contributed by atoms with Crippen LogP contribution in [-0.2, 0) is 16.0 Å². The van der Waals surface area contributed by atoms with Crippen LogP contribution in [0.3, 0.4) is 0 Å².